The molecule has 2 atom stereocenters. The van der Waals surface area contributed by atoms with Crippen molar-refractivity contribution in [3.8, 4) is 0 Å². The maximum atomic E-state index is 12.4. The summed E-state index contributed by atoms with van der Waals surface area (Å²) >= 11 is 0. The maximum Gasteiger partial charge on any atom is 0.303 e. The van der Waals surface area contributed by atoms with E-state index in [-0.39, 0.29) is 24.2 Å². The van der Waals surface area contributed by atoms with E-state index in [0.29, 0.717) is 13.0 Å². The van der Waals surface area contributed by atoms with Crippen molar-refractivity contribution in [3.05, 3.63) is 35.4 Å². The van der Waals surface area contributed by atoms with Gasteiger partial charge in [0.1, 0.15) is 0 Å². The van der Waals surface area contributed by atoms with E-state index >= 15 is 0 Å². The number of carbonyl (C=O) groups excluding carboxylic acids is 1. The summed E-state index contributed by atoms with van der Waals surface area (Å²) in [5.41, 5.74) is 2.43. The van der Waals surface area contributed by atoms with Crippen molar-refractivity contribution in [3.63, 3.8) is 0 Å². The largest absolute Gasteiger partial charge is 0.481 e. The zero-order valence-corrected chi connectivity index (χ0v) is 12.5. The topological polar surface area (TPSA) is 66.4 Å². The highest BCUT2D eigenvalue weighted by molar-refractivity contribution is 5.84. The smallest absolute Gasteiger partial charge is 0.303 e. The minimum atomic E-state index is -0.783. The van der Waals surface area contributed by atoms with Gasteiger partial charge in [-0.15, -0.1) is 0 Å². The van der Waals surface area contributed by atoms with Crippen LogP contribution in [-0.2, 0) is 16.0 Å². The molecule has 1 aliphatic carbocycles. The fourth-order valence-electron chi connectivity index (χ4n) is 2.90. The van der Waals surface area contributed by atoms with Gasteiger partial charge in [-0.25, -0.2) is 0 Å². The Hall–Kier alpha value is -1.84. The molecule has 4 heteroatoms. The Balaban J connectivity index is 1.88. The molecule has 4 nitrogen and oxygen atoms in total. The molecule has 1 aliphatic rings. The van der Waals surface area contributed by atoms with Crippen molar-refractivity contribution in [1.82, 2.24) is 5.32 Å². The number of carbonyl (C=O) groups is 2. The van der Waals surface area contributed by atoms with Crippen LogP contribution in [0.2, 0.25) is 0 Å². The average Bonchev–Trinajstić information content (AvgIpc) is 2.50. The van der Waals surface area contributed by atoms with E-state index in [0.717, 1.165) is 24.8 Å². The molecule has 2 unspecified atom stereocenters. The molecule has 0 radical (unpaired) electrons. The van der Waals surface area contributed by atoms with Gasteiger partial charge >= 0.3 is 5.97 Å². The molecule has 2 rings (SSSR count). The maximum absolute atomic E-state index is 12.4. The van der Waals surface area contributed by atoms with Gasteiger partial charge in [-0.3, -0.25) is 9.59 Å². The molecular formula is C17H23NO3. The Labute approximate surface area is 125 Å². The van der Waals surface area contributed by atoms with Gasteiger partial charge in [0.25, 0.3) is 0 Å². The summed E-state index contributed by atoms with van der Waals surface area (Å²) < 4.78 is 0. The number of aryl methyl sites for hydroxylation is 1. The fraction of sp³-hybridized carbons (Fsp3) is 0.529. The predicted molar refractivity (Wildman–Crippen MR) is 81.2 cm³/mol. The summed E-state index contributed by atoms with van der Waals surface area (Å²) in [6, 6.07) is 8.16. The van der Waals surface area contributed by atoms with Gasteiger partial charge in [-0.1, -0.05) is 31.2 Å². The van der Waals surface area contributed by atoms with Crippen LogP contribution in [0.4, 0.5) is 0 Å². The Bertz CT molecular complexity index is 513. The van der Waals surface area contributed by atoms with Gasteiger partial charge < -0.3 is 10.4 Å². The normalized spacial score (nSPS) is 18.6. The van der Waals surface area contributed by atoms with Gasteiger partial charge in [0.2, 0.25) is 5.91 Å². The van der Waals surface area contributed by atoms with E-state index in [9.17, 15) is 9.59 Å². The SMILES string of the molecule is CC(CCC(=O)O)CNC(=O)C1CCCc2ccccc21. The molecule has 21 heavy (non-hydrogen) atoms. The third-order valence-corrected chi connectivity index (χ3v) is 4.16. The van der Waals surface area contributed by atoms with Crippen molar-refractivity contribution in [2.45, 2.75) is 44.9 Å². The third-order valence-electron chi connectivity index (χ3n) is 4.16. The highest BCUT2D eigenvalue weighted by atomic mass is 16.4. The first-order valence-corrected chi connectivity index (χ1v) is 7.65. The van der Waals surface area contributed by atoms with Crippen LogP contribution in [0.25, 0.3) is 0 Å². The summed E-state index contributed by atoms with van der Waals surface area (Å²) in [4.78, 5) is 22.9. The minimum absolute atomic E-state index is 0.0541. The zero-order valence-electron chi connectivity index (χ0n) is 12.5. The number of aliphatic carboxylic acids is 1. The summed E-state index contributed by atoms with van der Waals surface area (Å²) in [6.07, 6.45) is 3.74. The van der Waals surface area contributed by atoms with Crippen LogP contribution in [0.5, 0.6) is 0 Å². The Morgan fingerprint density at radius 3 is 2.90 bits per heavy atom. The van der Waals surface area contributed by atoms with E-state index in [2.05, 4.69) is 11.4 Å². The molecule has 1 aromatic carbocycles. The number of hydrogen-bond acceptors (Lipinski definition) is 2. The highest BCUT2D eigenvalue weighted by Crippen LogP contribution is 2.31. The molecule has 0 saturated carbocycles. The van der Waals surface area contributed by atoms with E-state index < -0.39 is 5.97 Å². The number of carboxylic acids is 1. The van der Waals surface area contributed by atoms with Crippen molar-refractivity contribution >= 4 is 11.9 Å². The lowest BCUT2D eigenvalue weighted by molar-refractivity contribution is -0.137. The standard InChI is InChI=1S/C17H23NO3/c1-12(9-10-16(19)20)11-18-17(21)15-8-4-6-13-5-2-3-7-14(13)15/h2-3,5,7,12,15H,4,6,8-11H2,1H3,(H,18,21)(H,19,20). The first-order valence-electron chi connectivity index (χ1n) is 7.65. The highest BCUT2D eigenvalue weighted by Gasteiger charge is 2.26. The van der Waals surface area contributed by atoms with Crippen molar-refractivity contribution in [2.24, 2.45) is 5.92 Å². The second-order valence-corrected chi connectivity index (χ2v) is 5.93. The molecule has 114 valence electrons. The first-order chi connectivity index (χ1) is 10.1. The Morgan fingerprint density at radius 2 is 2.14 bits per heavy atom. The number of fused-ring (bicyclic) bond motifs is 1. The second kappa shape index (κ2) is 7.25. The van der Waals surface area contributed by atoms with Crippen molar-refractivity contribution in [1.29, 1.82) is 0 Å². The zero-order chi connectivity index (χ0) is 15.2. The van der Waals surface area contributed by atoms with Crippen LogP contribution in [0.15, 0.2) is 24.3 Å². The van der Waals surface area contributed by atoms with E-state index in [1.54, 1.807) is 0 Å². The number of rotatable bonds is 6. The van der Waals surface area contributed by atoms with Crippen LogP contribution in [0.3, 0.4) is 0 Å². The predicted octanol–water partition coefficient (Wildman–Crippen LogP) is 2.72. The number of hydrogen-bond donors (Lipinski definition) is 2. The molecule has 0 saturated heterocycles. The first kappa shape index (κ1) is 15.5. The van der Waals surface area contributed by atoms with E-state index in [1.807, 2.05) is 25.1 Å². The molecule has 2 N–H and O–H groups in total. The lowest BCUT2D eigenvalue weighted by Gasteiger charge is -2.25. The molecule has 0 heterocycles. The molecule has 0 fully saturated rings. The number of benzene rings is 1. The lowest BCUT2D eigenvalue weighted by Crippen LogP contribution is -2.34. The summed E-state index contributed by atoms with van der Waals surface area (Å²) in [6.45, 7) is 2.52. The van der Waals surface area contributed by atoms with Gasteiger partial charge in [-0.05, 0) is 42.7 Å². The molecule has 0 spiro atoms. The molecule has 0 aromatic heterocycles. The summed E-state index contributed by atoms with van der Waals surface area (Å²) in [5.74, 6) is -0.579. The van der Waals surface area contributed by atoms with Crippen LogP contribution in [0, 0.1) is 5.92 Å². The van der Waals surface area contributed by atoms with Gasteiger partial charge in [0, 0.05) is 13.0 Å². The quantitative estimate of drug-likeness (QED) is 0.846. The molecule has 0 aliphatic heterocycles. The second-order valence-electron chi connectivity index (χ2n) is 5.93. The minimum Gasteiger partial charge on any atom is -0.481 e. The number of carboxylic acid groups (broad SMARTS) is 1. The summed E-state index contributed by atoms with van der Waals surface area (Å²) in [7, 11) is 0. The van der Waals surface area contributed by atoms with E-state index in [4.69, 9.17) is 5.11 Å². The van der Waals surface area contributed by atoms with Gasteiger partial charge in [0.15, 0.2) is 0 Å². The average molecular weight is 289 g/mol. The Morgan fingerprint density at radius 1 is 1.38 bits per heavy atom. The molecule has 1 amide bonds. The number of nitrogens with one attached hydrogen (secondary N) is 1. The van der Waals surface area contributed by atoms with Crippen LogP contribution < -0.4 is 5.32 Å². The number of amides is 1. The fourth-order valence-corrected chi connectivity index (χ4v) is 2.90. The van der Waals surface area contributed by atoms with Gasteiger partial charge in [-0.2, -0.15) is 0 Å². The molecule has 1 aromatic rings. The molecule has 0 bridgehead atoms. The lowest BCUT2D eigenvalue weighted by atomic mass is 9.82. The van der Waals surface area contributed by atoms with Gasteiger partial charge in [0.05, 0.1) is 5.92 Å². The van der Waals surface area contributed by atoms with Crippen LogP contribution in [-0.4, -0.2) is 23.5 Å². The Kier molecular flexibility index (Phi) is 5.37. The molecular weight excluding hydrogens is 266 g/mol. The van der Waals surface area contributed by atoms with Crippen molar-refractivity contribution in [2.75, 3.05) is 6.54 Å². The summed E-state index contributed by atoms with van der Waals surface area (Å²) in [5, 5.41) is 11.7. The van der Waals surface area contributed by atoms with Crippen LogP contribution in [0.1, 0.15) is 49.7 Å². The third kappa shape index (κ3) is 4.31. The monoisotopic (exact) mass is 289 g/mol. The van der Waals surface area contributed by atoms with Crippen molar-refractivity contribution < 1.29 is 14.7 Å². The van der Waals surface area contributed by atoms with E-state index in [1.165, 1.54) is 5.56 Å². The van der Waals surface area contributed by atoms with Crippen LogP contribution >= 0.6 is 0 Å².